The van der Waals surface area contributed by atoms with Crippen LogP contribution in [0, 0.1) is 0 Å². The van der Waals surface area contributed by atoms with Crippen molar-refractivity contribution in [3.05, 3.63) is 228 Å². The van der Waals surface area contributed by atoms with Gasteiger partial charge in [-0.1, -0.05) is 194 Å². The van der Waals surface area contributed by atoms with Gasteiger partial charge in [0.15, 0.2) is 0 Å². The van der Waals surface area contributed by atoms with E-state index in [1.165, 1.54) is 66.1 Å². The molecule has 0 amide bonds. The minimum Gasteiger partial charge on any atom is -0.0622 e. The molecule has 8 aromatic rings. The van der Waals surface area contributed by atoms with Crippen LogP contribution in [0.4, 0.5) is 0 Å². The van der Waals surface area contributed by atoms with Gasteiger partial charge < -0.3 is 0 Å². The third kappa shape index (κ3) is 5.09. The molecule has 0 unspecified atom stereocenters. The number of benzene rings is 8. The molecule has 8 aromatic carbocycles. The molecule has 46 heavy (non-hydrogen) atoms. The van der Waals surface area contributed by atoms with Gasteiger partial charge in [0.25, 0.3) is 0 Å². The summed E-state index contributed by atoms with van der Waals surface area (Å²) >= 11 is 0. The Morgan fingerprint density at radius 3 is 0.848 bits per heavy atom. The van der Waals surface area contributed by atoms with Crippen LogP contribution in [-0.4, -0.2) is 0 Å². The van der Waals surface area contributed by atoms with E-state index in [9.17, 15) is 0 Å². The molecule has 0 atom stereocenters. The van der Waals surface area contributed by atoms with Crippen molar-refractivity contribution in [2.75, 3.05) is 0 Å². The Kier molecular flexibility index (Phi) is 7.46. The van der Waals surface area contributed by atoms with Crippen molar-refractivity contribution in [2.45, 2.75) is 11.8 Å². The molecule has 0 spiro atoms. The van der Waals surface area contributed by atoms with E-state index in [-0.39, 0.29) is 11.8 Å². The molecule has 0 aliphatic heterocycles. The Hall–Kier alpha value is -5.72. The molecule has 0 heterocycles. The van der Waals surface area contributed by atoms with Crippen molar-refractivity contribution in [1.82, 2.24) is 0 Å². The molecule has 0 aliphatic carbocycles. The first-order chi connectivity index (χ1) is 22.9. The smallest absolute Gasteiger partial charge is 0.0346 e. The Balaban J connectivity index is 1.53. The van der Waals surface area contributed by atoms with Gasteiger partial charge in [-0.05, 0) is 66.1 Å². The fourth-order valence-electron chi connectivity index (χ4n) is 7.30. The van der Waals surface area contributed by atoms with E-state index >= 15 is 0 Å². The molecular weight excluding hydrogens is 553 g/mol. The number of rotatable bonds is 7. The van der Waals surface area contributed by atoms with Crippen molar-refractivity contribution in [2.24, 2.45) is 0 Å². The summed E-state index contributed by atoms with van der Waals surface area (Å²) in [5.41, 5.74) is 10.4. The van der Waals surface area contributed by atoms with Gasteiger partial charge in [-0.25, -0.2) is 0 Å². The minimum absolute atomic E-state index is 0.0562. The van der Waals surface area contributed by atoms with Crippen molar-refractivity contribution >= 4 is 21.5 Å². The SMILES string of the molecule is c1ccc(C(c2ccccc2)c2ccc3ccccc3c2-c2c(C(c3ccccc3)c3ccccc3)ccc3ccccc23)cc1. The van der Waals surface area contributed by atoms with Crippen molar-refractivity contribution in [1.29, 1.82) is 0 Å². The van der Waals surface area contributed by atoms with Crippen LogP contribution < -0.4 is 0 Å². The second kappa shape index (κ2) is 12.3. The van der Waals surface area contributed by atoms with E-state index < -0.39 is 0 Å². The van der Waals surface area contributed by atoms with Crippen LogP contribution in [0.3, 0.4) is 0 Å². The molecule has 0 N–H and O–H groups in total. The monoisotopic (exact) mass is 586 g/mol. The Morgan fingerprint density at radius 1 is 0.239 bits per heavy atom. The van der Waals surface area contributed by atoms with E-state index in [0.717, 1.165) is 0 Å². The maximum Gasteiger partial charge on any atom is 0.0346 e. The highest BCUT2D eigenvalue weighted by molar-refractivity contribution is 6.08. The van der Waals surface area contributed by atoms with Gasteiger partial charge in [0.05, 0.1) is 0 Å². The highest BCUT2D eigenvalue weighted by atomic mass is 14.3. The molecular formula is C46H34. The molecule has 0 aliphatic rings. The number of hydrogen-bond acceptors (Lipinski definition) is 0. The summed E-state index contributed by atoms with van der Waals surface area (Å²) in [5, 5.41) is 5.04. The lowest BCUT2D eigenvalue weighted by Gasteiger charge is -2.28. The van der Waals surface area contributed by atoms with E-state index in [2.05, 4.69) is 194 Å². The molecule has 0 saturated carbocycles. The molecule has 0 bridgehead atoms. The van der Waals surface area contributed by atoms with E-state index in [4.69, 9.17) is 0 Å². The van der Waals surface area contributed by atoms with Crippen molar-refractivity contribution in [3.63, 3.8) is 0 Å². The third-order valence-electron chi connectivity index (χ3n) is 9.33. The van der Waals surface area contributed by atoms with E-state index in [0.29, 0.717) is 0 Å². The minimum atomic E-state index is 0.0562. The van der Waals surface area contributed by atoms with Crippen LogP contribution in [0.2, 0.25) is 0 Å². The molecule has 8 rings (SSSR count). The van der Waals surface area contributed by atoms with E-state index in [1.807, 2.05) is 0 Å². The highest BCUT2D eigenvalue weighted by Gasteiger charge is 2.28. The zero-order chi connectivity index (χ0) is 30.7. The second-order valence-corrected chi connectivity index (χ2v) is 12.0. The first-order valence-corrected chi connectivity index (χ1v) is 16.1. The first-order valence-electron chi connectivity index (χ1n) is 16.1. The predicted octanol–water partition coefficient (Wildman–Crippen LogP) is 12.0. The summed E-state index contributed by atoms with van der Waals surface area (Å²) in [6.07, 6.45) is 0. The van der Waals surface area contributed by atoms with Gasteiger partial charge in [-0.3, -0.25) is 0 Å². The summed E-state index contributed by atoms with van der Waals surface area (Å²) < 4.78 is 0. The number of hydrogen-bond donors (Lipinski definition) is 0. The summed E-state index contributed by atoms with van der Waals surface area (Å²) in [7, 11) is 0. The van der Waals surface area contributed by atoms with Crippen LogP contribution in [-0.2, 0) is 0 Å². The number of fused-ring (bicyclic) bond motifs is 2. The Morgan fingerprint density at radius 2 is 0.522 bits per heavy atom. The predicted molar refractivity (Wildman–Crippen MR) is 195 cm³/mol. The summed E-state index contributed by atoms with van der Waals surface area (Å²) in [5.74, 6) is 0.112. The Labute approximate surface area is 271 Å². The lowest BCUT2D eigenvalue weighted by atomic mass is 9.75. The molecule has 218 valence electrons. The molecule has 0 radical (unpaired) electrons. The fraction of sp³-hybridized carbons (Fsp3) is 0.0435. The zero-order valence-electron chi connectivity index (χ0n) is 25.6. The van der Waals surface area contributed by atoms with Crippen LogP contribution in [0.5, 0.6) is 0 Å². The van der Waals surface area contributed by atoms with Gasteiger partial charge in [0.1, 0.15) is 0 Å². The van der Waals surface area contributed by atoms with Gasteiger partial charge in [0.2, 0.25) is 0 Å². The van der Waals surface area contributed by atoms with Crippen LogP contribution in [0.1, 0.15) is 45.2 Å². The summed E-state index contributed by atoms with van der Waals surface area (Å²) in [6, 6.07) is 71.1. The lowest BCUT2D eigenvalue weighted by Crippen LogP contribution is -2.09. The Bertz CT molecular complexity index is 1990. The lowest BCUT2D eigenvalue weighted by molar-refractivity contribution is 0.969. The average Bonchev–Trinajstić information content (AvgIpc) is 3.14. The van der Waals surface area contributed by atoms with Crippen molar-refractivity contribution < 1.29 is 0 Å². The standard InChI is InChI=1S/C46H34/c1-5-19-35(20-6-1)43(36-21-7-2-8-22-36)41-31-29-33-17-13-15-27-39(33)45(41)46-40-28-16-14-18-34(40)30-32-42(46)44(37-23-9-3-10-24-37)38-25-11-4-12-26-38/h1-32,43-44H. The quantitative estimate of drug-likeness (QED) is 0.163. The van der Waals surface area contributed by atoms with Crippen LogP contribution >= 0.6 is 0 Å². The third-order valence-corrected chi connectivity index (χ3v) is 9.33. The van der Waals surface area contributed by atoms with Gasteiger partial charge in [-0.15, -0.1) is 0 Å². The van der Waals surface area contributed by atoms with Gasteiger partial charge >= 0.3 is 0 Å². The van der Waals surface area contributed by atoms with E-state index in [1.54, 1.807) is 0 Å². The normalized spacial score (nSPS) is 11.4. The molecule has 0 heteroatoms. The first kappa shape index (κ1) is 27.8. The van der Waals surface area contributed by atoms with Crippen LogP contribution in [0.25, 0.3) is 32.7 Å². The van der Waals surface area contributed by atoms with Crippen molar-refractivity contribution in [3.8, 4) is 11.1 Å². The molecule has 0 saturated heterocycles. The molecule has 0 fully saturated rings. The summed E-state index contributed by atoms with van der Waals surface area (Å²) in [4.78, 5) is 0. The summed E-state index contributed by atoms with van der Waals surface area (Å²) in [6.45, 7) is 0. The van der Waals surface area contributed by atoms with Crippen LogP contribution in [0.15, 0.2) is 194 Å². The second-order valence-electron chi connectivity index (χ2n) is 12.0. The van der Waals surface area contributed by atoms with Gasteiger partial charge in [0, 0.05) is 11.8 Å². The largest absolute Gasteiger partial charge is 0.0622 e. The average molecular weight is 587 g/mol. The zero-order valence-corrected chi connectivity index (χ0v) is 25.6. The maximum absolute atomic E-state index is 2.38. The molecule has 0 aromatic heterocycles. The highest BCUT2D eigenvalue weighted by Crippen LogP contribution is 2.48. The molecule has 0 nitrogen and oxygen atoms in total. The van der Waals surface area contributed by atoms with Gasteiger partial charge in [-0.2, -0.15) is 0 Å². The maximum atomic E-state index is 2.38. The topological polar surface area (TPSA) is 0 Å². The fourth-order valence-corrected chi connectivity index (χ4v) is 7.30.